The molecular formula is C16H24IN3S. The van der Waals surface area contributed by atoms with E-state index in [0.29, 0.717) is 11.9 Å². The average molecular weight is 417 g/mol. The molecule has 1 aliphatic heterocycles. The van der Waals surface area contributed by atoms with Gasteiger partial charge in [0.2, 0.25) is 0 Å². The largest absolute Gasteiger partial charge is 0.370 e. The van der Waals surface area contributed by atoms with Crippen LogP contribution < -0.4 is 11.1 Å². The van der Waals surface area contributed by atoms with Gasteiger partial charge in [-0.1, -0.05) is 6.07 Å². The molecule has 1 unspecified atom stereocenters. The van der Waals surface area contributed by atoms with Crippen LogP contribution in [-0.2, 0) is 12.8 Å². The topological polar surface area (TPSA) is 50.4 Å². The number of nitrogens with zero attached hydrogens (tertiary/aromatic N) is 1. The van der Waals surface area contributed by atoms with Crippen molar-refractivity contribution in [1.82, 2.24) is 0 Å². The van der Waals surface area contributed by atoms with E-state index < -0.39 is 0 Å². The molecule has 0 amide bonds. The van der Waals surface area contributed by atoms with Gasteiger partial charge in [-0.2, -0.15) is 11.8 Å². The van der Waals surface area contributed by atoms with Crippen LogP contribution in [0, 0.1) is 5.92 Å². The second kappa shape index (κ2) is 8.27. The molecule has 1 atom stereocenters. The molecule has 1 fully saturated rings. The molecule has 0 spiro atoms. The summed E-state index contributed by atoms with van der Waals surface area (Å²) in [5, 5.41) is 3.23. The van der Waals surface area contributed by atoms with Gasteiger partial charge in [-0.3, -0.25) is 4.99 Å². The summed E-state index contributed by atoms with van der Waals surface area (Å²) in [6.07, 6.45) is 6.31. The van der Waals surface area contributed by atoms with Gasteiger partial charge in [0.15, 0.2) is 5.96 Å². The Morgan fingerprint density at radius 3 is 2.95 bits per heavy atom. The minimum absolute atomic E-state index is 0. The molecule has 5 heteroatoms. The zero-order valence-electron chi connectivity index (χ0n) is 12.3. The van der Waals surface area contributed by atoms with Crippen LogP contribution in [-0.4, -0.2) is 24.0 Å². The highest BCUT2D eigenvalue weighted by molar-refractivity contribution is 14.0. The van der Waals surface area contributed by atoms with Gasteiger partial charge in [0.05, 0.1) is 0 Å². The smallest absolute Gasteiger partial charge is 0.193 e. The molecule has 0 bridgehead atoms. The van der Waals surface area contributed by atoms with E-state index >= 15 is 0 Å². The SMILES string of the molecule is I.NC(=NCC1CCCSC1)Nc1ccc2c(c1)CCC2. The maximum Gasteiger partial charge on any atom is 0.193 e. The summed E-state index contributed by atoms with van der Waals surface area (Å²) < 4.78 is 0. The fourth-order valence-corrected chi connectivity index (χ4v) is 4.16. The number of hydrogen-bond donors (Lipinski definition) is 2. The normalized spacial score (nSPS) is 21.5. The molecule has 3 rings (SSSR count). The lowest BCUT2D eigenvalue weighted by molar-refractivity contribution is 0.535. The van der Waals surface area contributed by atoms with Gasteiger partial charge in [-0.05, 0) is 72.8 Å². The Morgan fingerprint density at radius 2 is 2.14 bits per heavy atom. The first kappa shape index (κ1) is 16.9. The van der Waals surface area contributed by atoms with Crippen LogP contribution in [0.5, 0.6) is 0 Å². The van der Waals surface area contributed by atoms with E-state index in [1.807, 2.05) is 11.8 Å². The average Bonchev–Trinajstić information content (AvgIpc) is 2.94. The third-order valence-corrected chi connectivity index (χ3v) is 5.43. The van der Waals surface area contributed by atoms with Gasteiger partial charge in [0, 0.05) is 12.2 Å². The Labute approximate surface area is 148 Å². The second-order valence-electron chi connectivity index (χ2n) is 5.77. The van der Waals surface area contributed by atoms with Gasteiger partial charge in [0.25, 0.3) is 0 Å². The van der Waals surface area contributed by atoms with E-state index in [2.05, 4.69) is 28.5 Å². The minimum atomic E-state index is 0. The van der Waals surface area contributed by atoms with E-state index in [9.17, 15) is 0 Å². The second-order valence-corrected chi connectivity index (χ2v) is 6.92. The van der Waals surface area contributed by atoms with Crippen LogP contribution in [0.4, 0.5) is 5.69 Å². The van der Waals surface area contributed by atoms with E-state index in [1.54, 1.807) is 0 Å². The number of rotatable bonds is 3. The number of aliphatic imine (C=N–C) groups is 1. The molecule has 1 heterocycles. The Balaban J connectivity index is 0.00000161. The molecule has 3 nitrogen and oxygen atoms in total. The van der Waals surface area contributed by atoms with E-state index in [4.69, 9.17) is 5.73 Å². The van der Waals surface area contributed by atoms with Crippen LogP contribution in [0.1, 0.15) is 30.4 Å². The summed E-state index contributed by atoms with van der Waals surface area (Å²) >= 11 is 2.04. The number of guanidine groups is 1. The van der Waals surface area contributed by atoms with E-state index in [1.165, 1.54) is 54.7 Å². The predicted molar refractivity (Wildman–Crippen MR) is 104 cm³/mol. The molecule has 1 aromatic rings. The minimum Gasteiger partial charge on any atom is -0.370 e. The molecule has 21 heavy (non-hydrogen) atoms. The third kappa shape index (κ3) is 4.77. The number of nitrogens with two attached hydrogens (primary N) is 1. The number of anilines is 1. The number of nitrogens with one attached hydrogen (secondary N) is 1. The summed E-state index contributed by atoms with van der Waals surface area (Å²) in [5.41, 5.74) is 10.0. The standard InChI is InChI=1S/C16H23N3S.HI/c17-16(18-10-12-3-2-8-20-11-12)19-15-7-6-13-4-1-5-14(13)9-15;/h6-7,9,12H,1-5,8,10-11H2,(H3,17,18,19);1H. The number of aryl methyl sites for hydroxylation is 2. The van der Waals surface area contributed by atoms with Gasteiger partial charge in [0.1, 0.15) is 0 Å². The quantitative estimate of drug-likeness (QED) is 0.448. The lowest BCUT2D eigenvalue weighted by Crippen LogP contribution is -2.24. The number of thioether (sulfide) groups is 1. The van der Waals surface area contributed by atoms with Gasteiger partial charge >= 0.3 is 0 Å². The number of halogens is 1. The molecule has 0 radical (unpaired) electrons. The summed E-state index contributed by atoms with van der Waals surface area (Å²) in [5.74, 6) is 3.80. The first-order chi connectivity index (χ1) is 9.81. The molecule has 1 aliphatic carbocycles. The van der Waals surface area contributed by atoms with Crippen molar-refractivity contribution in [3.05, 3.63) is 29.3 Å². The van der Waals surface area contributed by atoms with Crippen molar-refractivity contribution in [3.63, 3.8) is 0 Å². The molecule has 2 aliphatic rings. The summed E-state index contributed by atoms with van der Waals surface area (Å²) in [7, 11) is 0. The van der Waals surface area contributed by atoms with Crippen molar-refractivity contribution in [2.75, 3.05) is 23.4 Å². The van der Waals surface area contributed by atoms with E-state index in [0.717, 1.165) is 12.2 Å². The van der Waals surface area contributed by atoms with Crippen LogP contribution in [0.25, 0.3) is 0 Å². The Morgan fingerprint density at radius 1 is 1.29 bits per heavy atom. The highest BCUT2D eigenvalue weighted by atomic mass is 127. The van der Waals surface area contributed by atoms with E-state index in [-0.39, 0.29) is 24.0 Å². The number of fused-ring (bicyclic) bond motifs is 1. The molecule has 116 valence electrons. The van der Waals surface area contributed by atoms with Crippen molar-refractivity contribution >= 4 is 47.4 Å². The number of hydrogen-bond acceptors (Lipinski definition) is 2. The summed E-state index contributed by atoms with van der Waals surface area (Å²) in [6.45, 7) is 0.858. The van der Waals surface area contributed by atoms with Crippen molar-refractivity contribution in [3.8, 4) is 0 Å². The summed E-state index contributed by atoms with van der Waals surface area (Å²) in [4.78, 5) is 4.51. The Kier molecular flexibility index (Phi) is 6.67. The first-order valence-corrected chi connectivity index (χ1v) is 8.73. The summed E-state index contributed by atoms with van der Waals surface area (Å²) in [6, 6.07) is 6.56. The van der Waals surface area contributed by atoms with Crippen LogP contribution in [0.3, 0.4) is 0 Å². The molecule has 0 aromatic heterocycles. The Hall–Kier alpha value is -0.430. The van der Waals surface area contributed by atoms with Crippen LogP contribution in [0.2, 0.25) is 0 Å². The van der Waals surface area contributed by atoms with Gasteiger partial charge < -0.3 is 11.1 Å². The number of benzene rings is 1. The highest BCUT2D eigenvalue weighted by Crippen LogP contribution is 2.25. The van der Waals surface area contributed by atoms with Crippen molar-refractivity contribution < 1.29 is 0 Å². The predicted octanol–water partition coefficient (Wildman–Crippen LogP) is 3.66. The first-order valence-electron chi connectivity index (χ1n) is 7.58. The lowest BCUT2D eigenvalue weighted by atomic mass is 10.1. The van der Waals surface area contributed by atoms with Crippen molar-refractivity contribution in [2.45, 2.75) is 32.1 Å². The monoisotopic (exact) mass is 417 g/mol. The zero-order chi connectivity index (χ0) is 13.8. The molecule has 0 saturated carbocycles. The highest BCUT2D eigenvalue weighted by Gasteiger charge is 2.13. The maximum atomic E-state index is 6.00. The maximum absolute atomic E-state index is 6.00. The fourth-order valence-electron chi connectivity index (χ4n) is 3.02. The third-order valence-electron chi connectivity index (χ3n) is 4.15. The fraction of sp³-hybridized carbons (Fsp3) is 0.562. The van der Waals surface area contributed by atoms with Gasteiger partial charge in [-0.25, -0.2) is 0 Å². The Bertz CT molecular complexity index is 498. The molecular weight excluding hydrogens is 393 g/mol. The van der Waals surface area contributed by atoms with Crippen LogP contribution >= 0.6 is 35.7 Å². The van der Waals surface area contributed by atoms with Crippen molar-refractivity contribution in [1.29, 1.82) is 0 Å². The van der Waals surface area contributed by atoms with Gasteiger partial charge in [-0.15, -0.1) is 24.0 Å². The molecule has 1 saturated heterocycles. The van der Waals surface area contributed by atoms with Crippen LogP contribution in [0.15, 0.2) is 23.2 Å². The zero-order valence-corrected chi connectivity index (χ0v) is 15.5. The van der Waals surface area contributed by atoms with Crippen molar-refractivity contribution in [2.24, 2.45) is 16.6 Å². The molecule has 1 aromatic carbocycles. The lowest BCUT2D eigenvalue weighted by Gasteiger charge is -2.19. The molecule has 3 N–H and O–H groups in total.